The predicted molar refractivity (Wildman–Crippen MR) is 105 cm³/mol. The summed E-state index contributed by atoms with van der Waals surface area (Å²) in [5, 5.41) is 8.33. The summed E-state index contributed by atoms with van der Waals surface area (Å²) in [7, 11) is 0. The lowest BCUT2D eigenvalue weighted by molar-refractivity contribution is 0.0279. The number of rotatable bonds is 4. The van der Waals surface area contributed by atoms with E-state index in [9.17, 15) is 4.79 Å². The Balaban J connectivity index is 1.49. The maximum absolute atomic E-state index is 12.6. The number of carbonyl (C=O) groups excluding carboxylic acids is 1. The summed E-state index contributed by atoms with van der Waals surface area (Å²) in [4.78, 5) is 12.6. The van der Waals surface area contributed by atoms with Gasteiger partial charge >= 0.3 is 5.97 Å². The number of hydrogen-bond acceptors (Lipinski definition) is 7. The first-order chi connectivity index (χ1) is 14.0. The van der Waals surface area contributed by atoms with Crippen LogP contribution in [-0.4, -0.2) is 29.4 Å². The fraction of sp³-hybridized carbons (Fsp3) is 0.286. The van der Waals surface area contributed by atoms with Crippen LogP contribution in [0.5, 0.6) is 11.5 Å². The monoisotopic (exact) mass is 414 g/mol. The van der Waals surface area contributed by atoms with Crippen LogP contribution in [0.4, 0.5) is 0 Å². The Morgan fingerprint density at radius 1 is 1.14 bits per heavy atom. The number of hydrogen-bond donors (Lipinski definition) is 0. The number of benzene rings is 2. The molecule has 1 aliphatic rings. The molecular weight excluding hydrogens is 396 g/mol. The van der Waals surface area contributed by atoms with Crippen molar-refractivity contribution in [2.24, 2.45) is 0 Å². The van der Waals surface area contributed by atoms with Crippen molar-refractivity contribution in [2.45, 2.75) is 26.4 Å². The zero-order valence-electron chi connectivity index (χ0n) is 16.0. The second-order valence-corrected chi connectivity index (χ2v) is 7.10. The third-order valence-electron chi connectivity index (χ3n) is 4.41. The van der Waals surface area contributed by atoms with Crippen LogP contribution in [0.15, 0.2) is 40.8 Å². The van der Waals surface area contributed by atoms with Crippen LogP contribution in [-0.2, 0) is 4.74 Å². The molecular formula is C21H19ClN2O5. The van der Waals surface area contributed by atoms with E-state index >= 15 is 0 Å². The lowest BCUT2D eigenvalue weighted by atomic mass is 10.1. The van der Waals surface area contributed by atoms with Crippen LogP contribution in [0, 0.1) is 6.92 Å². The molecule has 2 aromatic carbocycles. The molecule has 29 heavy (non-hydrogen) atoms. The highest BCUT2D eigenvalue weighted by molar-refractivity contribution is 6.32. The predicted octanol–water partition coefficient (Wildman–Crippen LogP) is 4.78. The van der Waals surface area contributed by atoms with Gasteiger partial charge in [0.2, 0.25) is 5.89 Å². The molecule has 0 spiro atoms. The van der Waals surface area contributed by atoms with E-state index in [-0.39, 0.29) is 11.5 Å². The zero-order chi connectivity index (χ0) is 20.4. The maximum atomic E-state index is 12.6. The third-order valence-corrected chi connectivity index (χ3v) is 4.69. The van der Waals surface area contributed by atoms with Gasteiger partial charge in [-0.1, -0.05) is 29.3 Å². The number of aryl methyl sites for hydroxylation is 1. The molecule has 0 saturated carbocycles. The quantitative estimate of drug-likeness (QED) is 0.568. The summed E-state index contributed by atoms with van der Waals surface area (Å²) in [6.45, 7) is 4.65. The third kappa shape index (κ3) is 4.19. The standard InChI is InChI=1S/C21H19ClN2O5/c1-12-4-6-14(7-5-12)20-24-23-19(29-20)13(2)28-21(25)15-10-16(22)18-17(11-15)26-8-3-9-27-18/h4-7,10-11,13H,3,8-9H2,1-2H3. The first-order valence-corrected chi connectivity index (χ1v) is 9.59. The van der Waals surface area contributed by atoms with Gasteiger partial charge in [0.1, 0.15) is 0 Å². The Morgan fingerprint density at radius 2 is 1.90 bits per heavy atom. The smallest absolute Gasteiger partial charge is 0.339 e. The van der Waals surface area contributed by atoms with Crippen LogP contribution < -0.4 is 9.47 Å². The molecule has 1 unspecified atom stereocenters. The second kappa shape index (κ2) is 8.13. The van der Waals surface area contributed by atoms with Crippen molar-refractivity contribution in [2.75, 3.05) is 13.2 Å². The number of esters is 1. The molecule has 1 atom stereocenters. The van der Waals surface area contributed by atoms with Gasteiger partial charge in [0, 0.05) is 12.0 Å². The van der Waals surface area contributed by atoms with Gasteiger partial charge in [0.15, 0.2) is 17.6 Å². The second-order valence-electron chi connectivity index (χ2n) is 6.69. The van der Waals surface area contributed by atoms with Crippen LogP contribution in [0.25, 0.3) is 11.5 Å². The van der Waals surface area contributed by atoms with Crippen LogP contribution in [0.2, 0.25) is 5.02 Å². The number of aromatic nitrogens is 2. The van der Waals surface area contributed by atoms with Crippen molar-refractivity contribution in [3.05, 3.63) is 58.4 Å². The largest absolute Gasteiger partial charge is 0.489 e. The van der Waals surface area contributed by atoms with E-state index < -0.39 is 12.1 Å². The first-order valence-electron chi connectivity index (χ1n) is 9.22. The molecule has 4 rings (SSSR count). The van der Waals surface area contributed by atoms with Crippen molar-refractivity contribution >= 4 is 17.6 Å². The van der Waals surface area contributed by atoms with E-state index in [1.54, 1.807) is 13.0 Å². The van der Waals surface area contributed by atoms with E-state index in [1.807, 2.05) is 31.2 Å². The van der Waals surface area contributed by atoms with Gasteiger partial charge in [-0.05, 0) is 38.1 Å². The summed E-state index contributed by atoms with van der Waals surface area (Å²) in [5.74, 6) is 0.850. The molecule has 1 aliphatic heterocycles. The SMILES string of the molecule is Cc1ccc(-c2nnc(C(C)OC(=O)c3cc(Cl)c4c(c3)OCCCO4)o2)cc1. The molecule has 0 amide bonds. The molecule has 0 fully saturated rings. The first kappa shape index (κ1) is 19.3. The summed E-state index contributed by atoms with van der Waals surface area (Å²) >= 11 is 6.25. The number of ether oxygens (including phenoxy) is 3. The van der Waals surface area contributed by atoms with E-state index in [0.29, 0.717) is 35.6 Å². The van der Waals surface area contributed by atoms with Gasteiger partial charge in [0.05, 0.1) is 23.8 Å². The average Bonchev–Trinajstić information content (AvgIpc) is 3.07. The Kier molecular flexibility index (Phi) is 5.40. The van der Waals surface area contributed by atoms with Crippen molar-refractivity contribution in [1.29, 1.82) is 0 Å². The summed E-state index contributed by atoms with van der Waals surface area (Å²) in [6.07, 6.45) is 0.00594. The lowest BCUT2D eigenvalue weighted by Gasteiger charge is -2.13. The molecule has 8 heteroatoms. The fourth-order valence-corrected chi connectivity index (χ4v) is 3.10. The van der Waals surface area contributed by atoms with E-state index in [0.717, 1.165) is 17.5 Å². The van der Waals surface area contributed by atoms with Gasteiger partial charge in [0.25, 0.3) is 5.89 Å². The molecule has 0 saturated heterocycles. The lowest BCUT2D eigenvalue weighted by Crippen LogP contribution is -2.10. The molecule has 1 aromatic heterocycles. The minimum atomic E-state index is -0.732. The van der Waals surface area contributed by atoms with Gasteiger partial charge in [-0.2, -0.15) is 0 Å². The normalized spacial score (nSPS) is 14.2. The van der Waals surface area contributed by atoms with Crippen molar-refractivity contribution in [3.8, 4) is 23.0 Å². The number of fused-ring (bicyclic) bond motifs is 1. The van der Waals surface area contributed by atoms with Gasteiger partial charge < -0.3 is 18.6 Å². The Hall–Kier alpha value is -3.06. The van der Waals surface area contributed by atoms with E-state index in [1.165, 1.54) is 6.07 Å². The average molecular weight is 415 g/mol. The van der Waals surface area contributed by atoms with Crippen molar-refractivity contribution in [3.63, 3.8) is 0 Å². The van der Waals surface area contributed by atoms with Gasteiger partial charge in [-0.3, -0.25) is 0 Å². The minimum Gasteiger partial charge on any atom is -0.489 e. The summed E-state index contributed by atoms with van der Waals surface area (Å²) in [6, 6.07) is 10.8. The van der Waals surface area contributed by atoms with E-state index in [4.69, 9.17) is 30.2 Å². The van der Waals surface area contributed by atoms with Crippen LogP contribution in [0.3, 0.4) is 0 Å². The Morgan fingerprint density at radius 3 is 2.69 bits per heavy atom. The molecule has 150 valence electrons. The fourth-order valence-electron chi connectivity index (χ4n) is 2.84. The highest BCUT2D eigenvalue weighted by Gasteiger charge is 2.23. The maximum Gasteiger partial charge on any atom is 0.339 e. The highest BCUT2D eigenvalue weighted by atomic mass is 35.5. The Bertz CT molecular complexity index is 1030. The van der Waals surface area contributed by atoms with Crippen LogP contribution >= 0.6 is 11.6 Å². The zero-order valence-corrected chi connectivity index (χ0v) is 16.7. The van der Waals surface area contributed by atoms with Crippen molar-refractivity contribution < 1.29 is 23.4 Å². The van der Waals surface area contributed by atoms with Gasteiger partial charge in [-0.15, -0.1) is 10.2 Å². The molecule has 0 bridgehead atoms. The van der Waals surface area contributed by atoms with Crippen molar-refractivity contribution in [1.82, 2.24) is 10.2 Å². The minimum absolute atomic E-state index is 0.203. The molecule has 0 radical (unpaired) electrons. The van der Waals surface area contributed by atoms with Crippen LogP contribution in [0.1, 0.15) is 41.3 Å². The van der Waals surface area contributed by atoms with Gasteiger partial charge in [-0.25, -0.2) is 4.79 Å². The number of nitrogens with zero attached hydrogens (tertiary/aromatic N) is 2. The summed E-state index contributed by atoms with van der Waals surface area (Å²) < 4.78 is 22.3. The molecule has 3 aromatic rings. The molecule has 0 N–H and O–H groups in total. The molecule has 0 aliphatic carbocycles. The van der Waals surface area contributed by atoms with E-state index in [2.05, 4.69) is 10.2 Å². The summed E-state index contributed by atoms with van der Waals surface area (Å²) in [5.41, 5.74) is 2.18. The highest BCUT2D eigenvalue weighted by Crippen LogP contribution is 2.38. The number of carbonyl (C=O) groups is 1. The topological polar surface area (TPSA) is 83.7 Å². The Labute approximate surface area is 172 Å². The molecule has 7 nitrogen and oxygen atoms in total. The number of halogens is 1. The molecule has 2 heterocycles.